The standard InChI is InChI=1S/C16H19N3O/c1-12(17)13-7-8-16(18-11-13)19-9-4-10-20-15-6-3-2-5-14(15)19/h2-3,5-8,11-12H,4,9-10,17H2,1H3/t12-/m1/s1. The number of anilines is 2. The Bertz CT molecular complexity index is 581. The van der Waals surface area contributed by atoms with Crippen LogP contribution in [0.2, 0.25) is 0 Å². The molecule has 1 aromatic heterocycles. The molecule has 2 N–H and O–H groups in total. The van der Waals surface area contributed by atoms with Gasteiger partial charge < -0.3 is 15.4 Å². The molecule has 1 aliphatic heterocycles. The number of pyridine rings is 1. The molecule has 4 heteroatoms. The highest BCUT2D eigenvalue weighted by Crippen LogP contribution is 2.34. The lowest BCUT2D eigenvalue weighted by Crippen LogP contribution is -2.19. The van der Waals surface area contributed by atoms with Gasteiger partial charge >= 0.3 is 0 Å². The number of rotatable bonds is 2. The summed E-state index contributed by atoms with van der Waals surface area (Å²) in [5, 5.41) is 0. The predicted octanol–water partition coefficient (Wildman–Crippen LogP) is 3.02. The number of para-hydroxylation sites is 2. The summed E-state index contributed by atoms with van der Waals surface area (Å²) < 4.78 is 5.77. The maximum atomic E-state index is 5.87. The minimum absolute atomic E-state index is 0.0105. The van der Waals surface area contributed by atoms with Gasteiger partial charge in [0.05, 0.1) is 12.3 Å². The third kappa shape index (κ3) is 2.47. The molecule has 1 aliphatic rings. The molecule has 104 valence electrons. The Hall–Kier alpha value is -2.07. The second-order valence-electron chi connectivity index (χ2n) is 5.06. The van der Waals surface area contributed by atoms with Gasteiger partial charge in [-0.1, -0.05) is 18.2 Å². The van der Waals surface area contributed by atoms with Crippen LogP contribution in [0.5, 0.6) is 5.75 Å². The summed E-state index contributed by atoms with van der Waals surface area (Å²) in [5.74, 6) is 1.86. The monoisotopic (exact) mass is 269 g/mol. The van der Waals surface area contributed by atoms with Crippen LogP contribution in [0.1, 0.15) is 24.9 Å². The summed E-state index contributed by atoms with van der Waals surface area (Å²) in [6.07, 6.45) is 2.83. The van der Waals surface area contributed by atoms with Gasteiger partial charge in [0, 0.05) is 18.8 Å². The van der Waals surface area contributed by atoms with Crippen molar-refractivity contribution in [3.8, 4) is 5.75 Å². The lowest BCUT2D eigenvalue weighted by molar-refractivity contribution is 0.322. The van der Waals surface area contributed by atoms with Gasteiger partial charge in [0.1, 0.15) is 11.6 Å². The van der Waals surface area contributed by atoms with Gasteiger partial charge in [-0.25, -0.2) is 4.98 Å². The summed E-state index contributed by atoms with van der Waals surface area (Å²) in [5.41, 5.74) is 7.99. The molecule has 0 fully saturated rings. The average molecular weight is 269 g/mol. The van der Waals surface area contributed by atoms with Crippen LogP contribution in [0.3, 0.4) is 0 Å². The molecule has 20 heavy (non-hydrogen) atoms. The van der Waals surface area contributed by atoms with Gasteiger partial charge in [-0.2, -0.15) is 0 Å². The zero-order valence-electron chi connectivity index (χ0n) is 11.6. The summed E-state index contributed by atoms with van der Waals surface area (Å²) in [6, 6.07) is 12.2. The highest BCUT2D eigenvalue weighted by molar-refractivity contribution is 5.67. The molecule has 0 bridgehead atoms. The topological polar surface area (TPSA) is 51.4 Å². The minimum Gasteiger partial charge on any atom is -0.491 e. The number of fused-ring (bicyclic) bond motifs is 1. The lowest BCUT2D eigenvalue weighted by Gasteiger charge is -2.23. The van der Waals surface area contributed by atoms with Crippen LogP contribution in [0, 0.1) is 0 Å². The van der Waals surface area contributed by atoms with E-state index in [9.17, 15) is 0 Å². The minimum atomic E-state index is 0.0105. The molecule has 3 rings (SSSR count). The number of aromatic nitrogens is 1. The molecule has 0 spiro atoms. The van der Waals surface area contributed by atoms with Gasteiger partial charge in [-0.3, -0.25) is 0 Å². The van der Waals surface area contributed by atoms with Crippen molar-refractivity contribution in [3.05, 3.63) is 48.2 Å². The fourth-order valence-corrected chi connectivity index (χ4v) is 2.39. The second kappa shape index (κ2) is 5.51. The number of nitrogens with two attached hydrogens (primary N) is 1. The van der Waals surface area contributed by atoms with Crippen LogP contribution in [0.15, 0.2) is 42.6 Å². The van der Waals surface area contributed by atoms with Crippen molar-refractivity contribution in [3.63, 3.8) is 0 Å². The van der Waals surface area contributed by atoms with Gasteiger partial charge in [-0.05, 0) is 37.1 Å². The molecule has 2 aromatic rings. The van der Waals surface area contributed by atoms with E-state index < -0.39 is 0 Å². The van der Waals surface area contributed by atoms with Gasteiger partial charge in [-0.15, -0.1) is 0 Å². The van der Waals surface area contributed by atoms with Crippen LogP contribution in [0.25, 0.3) is 0 Å². The van der Waals surface area contributed by atoms with E-state index in [0.717, 1.165) is 42.4 Å². The zero-order chi connectivity index (χ0) is 13.9. The van der Waals surface area contributed by atoms with E-state index in [1.54, 1.807) is 0 Å². The number of nitrogens with zero attached hydrogens (tertiary/aromatic N) is 2. The van der Waals surface area contributed by atoms with E-state index in [-0.39, 0.29) is 6.04 Å². The highest BCUT2D eigenvalue weighted by atomic mass is 16.5. The van der Waals surface area contributed by atoms with Crippen molar-refractivity contribution in [1.29, 1.82) is 0 Å². The van der Waals surface area contributed by atoms with E-state index in [1.165, 1.54) is 0 Å². The van der Waals surface area contributed by atoms with Crippen molar-refractivity contribution >= 4 is 11.5 Å². The maximum Gasteiger partial charge on any atom is 0.142 e. The molecule has 0 saturated carbocycles. The Morgan fingerprint density at radius 3 is 2.85 bits per heavy atom. The number of hydrogen-bond donors (Lipinski definition) is 1. The second-order valence-corrected chi connectivity index (χ2v) is 5.06. The molecule has 0 amide bonds. The molecule has 0 saturated heterocycles. The first-order valence-electron chi connectivity index (χ1n) is 6.96. The Morgan fingerprint density at radius 1 is 1.25 bits per heavy atom. The highest BCUT2D eigenvalue weighted by Gasteiger charge is 2.18. The Kier molecular flexibility index (Phi) is 3.56. The van der Waals surface area contributed by atoms with Gasteiger partial charge in [0.25, 0.3) is 0 Å². The zero-order valence-corrected chi connectivity index (χ0v) is 11.6. The average Bonchev–Trinajstić information content (AvgIpc) is 2.69. The normalized spacial score (nSPS) is 16.0. The van der Waals surface area contributed by atoms with Gasteiger partial charge in [0.15, 0.2) is 0 Å². The van der Waals surface area contributed by atoms with E-state index >= 15 is 0 Å². The molecule has 0 radical (unpaired) electrons. The number of hydrogen-bond acceptors (Lipinski definition) is 4. The van der Waals surface area contributed by atoms with Crippen molar-refractivity contribution in [2.75, 3.05) is 18.1 Å². The van der Waals surface area contributed by atoms with Crippen molar-refractivity contribution in [2.24, 2.45) is 5.73 Å². The van der Waals surface area contributed by atoms with E-state index in [1.807, 2.05) is 43.5 Å². The molecule has 2 heterocycles. The maximum absolute atomic E-state index is 5.87. The predicted molar refractivity (Wildman–Crippen MR) is 80.4 cm³/mol. The smallest absolute Gasteiger partial charge is 0.142 e. The lowest BCUT2D eigenvalue weighted by atomic mass is 10.1. The van der Waals surface area contributed by atoms with Crippen LogP contribution in [0.4, 0.5) is 11.5 Å². The van der Waals surface area contributed by atoms with Gasteiger partial charge in [0.2, 0.25) is 0 Å². The Morgan fingerprint density at radius 2 is 2.10 bits per heavy atom. The molecular weight excluding hydrogens is 250 g/mol. The summed E-state index contributed by atoms with van der Waals surface area (Å²) in [7, 11) is 0. The van der Waals surface area contributed by atoms with Crippen LogP contribution >= 0.6 is 0 Å². The number of ether oxygens (including phenoxy) is 1. The molecule has 1 aromatic carbocycles. The molecule has 4 nitrogen and oxygen atoms in total. The van der Waals surface area contributed by atoms with Crippen LogP contribution in [-0.4, -0.2) is 18.1 Å². The van der Waals surface area contributed by atoms with E-state index in [4.69, 9.17) is 10.5 Å². The first-order chi connectivity index (χ1) is 9.75. The first-order valence-corrected chi connectivity index (χ1v) is 6.96. The molecule has 0 unspecified atom stereocenters. The van der Waals surface area contributed by atoms with Crippen LogP contribution in [-0.2, 0) is 0 Å². The Balaban J connectivity index is 1.97. The van der Waals surface area contributed by atoms with Crippen molar-refractivity contribution < 1.29 is 4.74 Å². The summed E-state index contributed by atoms with van der Waals surface area (Å²) >= 11 is 0. The quantitative estimate of drug-likeness (QED) is 0.910. The Labute approximate surface area is 119 Å². The molecule has 0 aliphatic carbocycles. The summed E-state index contributed by atoms with van der Waals surface area (Å²) in [4.78, 5) is 6.76. The van der Waals surface area contributed by atoms with Crippen molar-refractivity contribution in [1.82, 2.24) is 4.98 Å². The summed E-state index contributed by atoms with van der Waals surface area (Å²) in [6.45, 7) is 3.61. The first kappa shape index (κ1) is 12.9. The SMILES string of the molecule is C[C@@H](N)c1ccc(N2CCCOc3ccccc32)nc1. The molecule has 1 atom stereocenters. The largest absolute Gasteiger partial charge is 0.491 e. The van der Waals surface area contributed by atoms with E-state index in [0.29, 0.717) is 0 Å². The fourth-order valence-electron chi connectivity index (χ4n) is 2.39. The fraction of sp³-hybridized carbons (Fsp3) is 0.312. The van der Waals surface area contributed by atoms with Crippen molar-refractivity contribution in [2.45, 2.75) is 19.4 Å². The van der Waals surface area contributed by atoms with Crippen LogP contribution < -0.4 is 15.4 Å². The van der Waals surface area contributed by atoms with E-state index in [2.05, 4.69) is 16.0 Å². The third-order valence-electron chi connectivity index (χ3n) is 3.51. The number of benzene rings is 1. The molecular formula is C16H19N3O. The third-order valence-corrected chi connectivity index (χ3v) is 3.51.